The van der Waals surface area contributed by atoms with Crippen molar-refractivity contribution in [3.8, 4) is 0 Å². The summed E-state index contributed by atoms with van der Waals surface area (Å²) >= 11 is 0. The van der Waals surface area contributed by atoms with Crippen molar-refractivity contribution in [1.82, 2.24) is 14.8 Å². The smallest absolute Gasteiger partial charge is 0.228 e. The Hall–Kier alpha value is -2.70. The van der Waals surface area contributed by atoms with Crippen LogP contribution in [0.1, 0.15) is 45.1 Å². The topological polar surface area (TPSA) is 42.6 Å². The number of aryl methyl sites for hydroxylation is 1. The average Bonchev–Trinajstić information content (AvgIpc) is 3.29. The van der Waals surface area contributed by atoms with Gasteiger partial charge in [-0.1, -0.05) is 32.0 Å². The van der Waals surface area contributed by atoms with Crippen molar-refractivity contribution in [2.24, 2.45) is 0 Å². The summed E-state index contributed by atoms with van der Waals surface area (Å²) in [6, 6.07) is 15.3. The van der Waals surface area contributed by atoms with Gasteiger partial charge in [0.25, 0.3) is 0 Å². The van der Waals surface area contributed by atoms with Crippen molar-refractivity contribution in [2.75, 3.05) is 44.2 Å². The number of hydrogen-bond donors (Lipinski definition) is 1. The highest BCUT2D eigenvalue weighted by Gasteiger charge is 2.24. The number of amides is 1. The number of piperazine rings is 1. The van der Waals surface area contributed by atoms with Crippen molar-refractivity contribution in [3.63, 3.8) is 0 Å². The number of H-pyrrole nitrogens is 1. The molecule has 0 saturated carbocycles. The number of aromatic nitrogens is 1. The molecule has 0 aliphatic carbocycles. The number of nitrogens with one attached hydrogen (secondary N) is 1. The lowest BCUT2D eigenvalue weighted by atomic mass is 10.1. The second kappa shape index (κ2) is 12.3. The molecule has 1 fully saturated rings. The quantitative estimate of drug-likeness (QED) is 0.397. The van der Waals surface area contributed by atoms with E-state index in [4.69, 9.17) is 0 Å². The van der Waals surface area contributed by atoms with Crippen LogP contribution in [0.2, 0.25) is 0 Å². The highest BCUT2D eigenvalue weighted by molar-refractivity contribution is 5.94. The lowest BCUT2D eigenvalue weighted by Crippen LogP contribution is -2.48. The molecule has 2 aromatic carbocycles. The third kappa shape index (κ3) is 6.50. The summed E-state index contributed by atoms with van der Waals surface area (Å²) in [5.74, 6) is 0.0437. The highest BCUT2D eigenvalue weighted by atomic mass is 19.1. The maximum Gasteiger partial charge on any atom is 0.228 e. The minimum Gasteiger partial charge on any atom is -0.361 e. The third-order valence-electron chi connectivity index (χ3n) is 7.37. The van der Waals surface area contributed by atoms with Crippen LogP contribution in [0.15, 0.2) is 54.7 Å². The Kier molecular flexibility index (Phi) is 8.94. The van der Waals surface area contributed by atoms with Gasteiger partial charge in [0.15, 0.2) is 0 Å². The van der Waals surface area contributed by atoms with Gasteiger partial charge < -0.3 is 19.7 Å². The molecule has 5 nitrogen and oxygen atoms in total. The molecule has 188 valence electrons. The van der Waals surface area contributed by atoms with Gasteiger partial charge in [0.2, 0.25) is 5.91 Å². The van der Waals surface area contributed by atoms with Crippen LogP contribution in [0.25, 0.3) is 10.9 Å². The SMILES string of the molecule is CCC(CC)N(C(=O)CCN1CCN(CCCc2c[nH]c3ccc(F)cc23)CC1)c1ccccc1. The number of hydrogen-bond acceptors (Lipinski definition) is 3. The van der Waals surface area contributed by atoms with Gasteiger partial charge in [-0.2, -0.15) is 0 Å². The Morgan fingerprint density at radius 1 is 1.00 bits per heavy atom. The highest BCUT2D eigenvalue weighted by Crippen LogP contribution is 2.22. The molecule has 1 aliphatic heterocycles. The Labute approximate surface area is 208 Å². The lowest BCUT2D eigenvalue weighted by molar-refractivity contribution is -0.119. The van der Waals surface area contributed by atoms with E-state index in [0.29, 0.717) is 6.42 Å². The first-order valence-corrected chi connectivity index (χ1v) is 13.2. The molecular formula is C29H39FN4O. The van der Waals surface area contributed by atoms with E-state index in [-0.39, 0.29) is 17.8 Å². The molecule has 3 aromatic rings. The zero-order valence-corrected chi connectivity index (χ0v) is 21.2. The third-order valence-corrected chi connectivity index (χ3v) is 7.37. The molecule has 0 bridgehead atoms. The maximum atomic E-state index is 13.6. The number of halogens is 1. The fraction of sp³-hybridized carbons (Fsp3) is 0.483. The molecule has 35 heavy (non-hydrogen) atoms. The fourth-order valence-electron chi connectivity index (χ4n) is 5.26. The summed E-state index contributed by atoms with van der Waals surface area (Å²) in [5, 5.41) is 0.998. The first-order chi connectivity index (χ1) is 17.1. The number of benzene rings is 2. The fourth-order valence-corrected chi connectivity index (χ4v) is 5.26. The molecule has 1 amide bonds. The summed E-state index contributed by atoms with van der Waals surface area (Å²) < 4.78 is 13.6. The van der Waals surface area contributed by atoms with Gasteiger partial charge in [0, 0.05) is 68.0 Å². The van der Waals surface area contributed by atoms with E-state index < -0.39 is 0 Å². The monoisotopic (exact) mass is 478 g/mol. The second-order valence-electron chi connectivity index (χ2n) is 9.61. The van der Waals surface area contributed by atoms with E-state index in [1.165, 1.54) is 11.6 Å². The normalized spacial score (nSPS) is 15.2. The van der Waals surface area contributed by atoms with E-state index in [1.807, 2.05) is 47.5 Å². The van der Waals surface area contributed by atoms with Gasteiger partial charge in [-0.25, -0.2) is 4.39 Å². The van der Waals surface area contributed by atoms with Crippen LogP contribution in [-0.4, -0.2) is 66.0 Å². The van der Waals surface area contributed by atoms with Crippen molar-refractivity contribution < 1.29 is 9.18 Å². The molecule has 1 N–H and O–H groups in total. The molecule has 0 unspecified atom stereocenters. The van der Waals surface area contributed by atoms with Crippen LogP contribution < -0.4 is 4.90 Å². The summed E-state index contributed by atoms with van der Waals surface area (Å²) in [4.78, 5) is 23.4. The largest absolute Gasteiger partial charge is 0.361 e. The van der Waals surface area contributed by atoms with Gasteiger partial charge >= 0.3 is 0 Å². The van der Waals surface area contributed by atoms with Crippen molar-refractivity contribution >= 4 is 22.5 Å². The summed E-state index contributed by atoms with van der Waals surface area (Å²) in [7, 11) is 0. The number of carbonyl (C=O) groups excluding carboxylic acids is 1. The number of anilines is 1. The second-order valence-corrected chi connectivity index (χ2v) is 9.61. The minimum absolute atomic E-state index is 0.181. The molecular weight excluding hydrogens is 439 g/mol. The van der Waals surface area contributed by atoms with Crippen molar-refractivity contribution in [1.29, 1.82) is 0 Å². The Balaban J connectivity index is 1.21. The summed E-state index contributed by atoms with van der Waals surface area (Å²) in [6.07, 6.45) is 6.50. The number of carbonyl (C=O) groups is 1. The average molecular weight is 479 g/mol. The standard InChI is InChI=1S/C29H39FN4O/c1-3-25(4-2)34(26-10-6-5-7-11-26)29(35)14-16-33-19-17-32(18-20-33)15-8-9-23-22-31-28-13-12-24(30)21-27(23)28/h5-7,10-13,21-22,25,31H,3-4,8-9,14-20H2,1-2H3. The van der Waals surface area contributed by atoms with Crippen LogP contribution in [-0.2, 0) is 11.2 Å². The predicted molar refractivity (Wildman–Crippen MR) is 142 cm³/mol. The first-order valence-electron chi connectivity index (χ1n) is 13.2. The zero-order valence-electron chi connectivity index (χ0n) is 21.2. The van der Waals surface area contributed by atoms with Crippen molar-refractivity contribution in [3.05, 3.63) is 66.1 Å². The molecule has 0 atom stereocenters. The summed E-state index contributed by atoms with van der Waals surface area (Å²) in [6.45, 7) is 10.3. The van der Waals surface area contributed by atoms with E-state index in [1.54, 1.807) is 6.07 Å². The van der Waals surface area contributed by atoms with E-state index in [2.05, 4.69) is 28.6 Å². The predicted octanol–water partition coefficient (Wildman–Crippen LogP) is 5.47. The van der Waals surface area contributed by atoms with Gasteiger partial charge in [-0.15, -0.1) is 0 Å². The van der Waals surface area contributed by atoms with Crippen LogP contribution in [0.3, 0.4) is 0 Å². The van der Waals surface area contributed by atoms with E-state index in [0.717, 1.165) is 81.5 Å². The lowest BCUT2D eigenvalue weighted by Gasteiger charge is -2.35. The van der Waals surface area contributed by atoms with Gasteiger partial charge in [0.1, 0.15) is 5.82 Å². The van der Waals surface area contributed by atoms with Gasteiger partial charge in [-0.3, -0.25) is 4.79 Å². The number of fused-ring (bicyclic) bond motifs is 1. The first kappa shape index (κ1) is 25.4. The summed E-state index contributed by atoms with van der Waals surface area (Å²) in [5.41, 5.74) is 3.20. The molecule has 4 rings (SSSR count). The maximum absolute atomic E-state index is 13.6. The molecule has 6 heteroatoms. The van der Waals surface area contributed by atoms with Gasteiger partial charge in [0.05, 0.1) is 0 Å². The number of aromatic amines is 1. The van der Waals surface area contributed by atoms with E-state index in [9.17, 15) is 9.18 Å². The van der Waals surface area contributed by atoms with Crippen LogP contribution in [0.4, 0.5) is 10.1 Å². The van der Waals surface area contributed by atoms with Crippen LogP contribution in [0, 0.1) is 5.82 Å². The molecule has 1 saturated heterocycles. The molecule has 0 spiro atoms. The minimum atomic E-state index is -0.181. The van der Waals surface area contributed by atoms with Crippen LogP contribution in [0.5, 0.6) is 0 Å². The molecule has 1 aliphatic rings. The van der Waals surface area contributed by atoms with Gasteiger partial charge in [-0.05, 0) is 68.1 Å². The van der Waals surface area contributed by atoms with Crippen molar-refractivity contribution in [2.45, 2.75) is 52.0 Å². The van der Waals surface area contributed by atoms with E-state index >= 15 is 0 Å². The Morgan fingerprint density at radius 2 is 1.69 bits per heavy atom. The number of rotatable bonds is 11. The van der Waals surface area contributed by atoms with Crippen LogP contribution >= 0.6 is 0 Å². The zero-order chi connectivity index (χ0) is 24.6. The number of nitrogens with zero attached hydrogens (tertiary/aromatic N) is 3. The molecule has 0 radical (unpaired) electrons. The number of para-hydroxylation sites is 1. The Morgan fingerprint density at radius 3 is 2.37 bits per heavy atom. The Bertz CT molecular complexity index is 1070. The molecule has 2 heterocycles. The molecule has 1 aromatic heterocycles.